The summed E-state index contributed by atoms with van der Waals surface area (Å²) in [7, 11) is 0. The summed E-state index contributed by atoms with van der Waals surface area (Å²) in [6, 6.07) is 9.92. The number of hydrogen-bond donors (Lipinski definition) is 2. The molecular formula is C17H15N3OS2. The van der Waals surface area contributed by atoms with E-state index in [2.05, 4.69) is 5.32 Å². The SMILES string of the molecule is Nc1ccc(-c2nc(-c3ccsc3)c(C(=O)NC3CC3)s2)cc1. The smallest absolute Gasteiger partial charge is 0.263 e. The quantitative estimate of drug-likeness (QED) is 0.705. The molecule has 1 aromatic carbocycles. The number of rotatable bonds is 4. The number of nitrogens with one attached hydrogen (secondary N) is 1. The van der Waals surface area contributed by atoms with Gasteiger partial charge >= 0.3 is 0 Å². The molecule has 2 aromatic heterocycles. The van der Waals surface area contributed by atoms with E-state index in [4.69, 9.17) is 10.7 Å². The molecule has 1 saturated carbocycles. The highest BCUT2D eigenvalue weighted by Crippen LogP contribution is 2.35. The number of anilines is 1. The van der Waals surface area contributed by atoms with Gasteiger partial charge in [0.1, 0.15) is 9.88 Å². The summed E-state index contributed by atoms with van der Waals surface area (Å²) in [6.07, 6.45) is 2.15. The Hall–Kier alpha value is -2.18. The van der Waals surface area contributed by atoms with E-state index < -0.39 is 0 Å². The van der Waals surface area contributed by atoms with Gasteiger partial charge < -0.3 is 11.1 Å². The first-order valence-electron chi connectivity index (χ1n) is 7.41. The Morgan fingerprint density at radius 2 is 1.96 bits per heavy atom. The third kappa shape index (κ3) is 3.00. The molecule has 1 fully saturated rings. The van der Waals surface area contributed by atoms with Gasteiger partial charge in [0.2, 0.25) is 0 Å². The van der Waals surface area contributed by atoms with Gasteiger partial charge in [-0.15, -0.1) is 11.3 Å². The number of thiazole rings is 1. The van der Waals surface area contributed by atoms with Gasteiger partial charge in [-0.2, -0.15) is 11.3 Å². The van der Waals surface area contributed by atoms with E-state index in [1.807, 2.05) is 41.1 Å². The Labute approximate surface area is 142 Å². The number of carbonyl (C=O) groups is 1. The Morgan fingerprint density at radius 3 is 2.61 bits per heavy atom. The first-order valence-corrected chi connectivity index (χ1v) is 9.17. The largest absolute Gasteiger partial charge is 0.399 e. The van der Waals surface area contributed by atoms with Gasteiger partial charge in [0.25, 0.3) is 5.91 Å². The molecule has 4 rings (SSSR count). The highest BCUT2D eigenvalue weighted by molar-refractivity contribution is 7.17. The van der Waals surface area contributed by atoms with Crippen molar-refractivity contribution < 1.29 is 4.79 Å². The Morgan fingerprint density at radius 1 is 1.17 bits per heavy atom. The predicted molar refractivity (Wildman–Crippen MR) is 95.8 cm³/mol. The van der Waals surface area contributed by atoms with Crippen molar-refractivity contribution in [1.29, 1.82) is 0 Å². The summed E-state index contributed by atoms with van der Waals surface area (Å²) < 4.78 is 0. The first kappa shape index (κ1) is 14.4. The van der Waals surface area contributed by atoms with Crippen LogP contribution >= 0.6 is 22.7 Å². The number of amides is 1. The lowest BCUT2D eigenvalue weighted by atomic mass is 10.2. The Balaban J connectivity index is 1.76. The van der Waals surface area contributed by atoms with Crippen LogP contribution in [0.4, 0.5) is 5.69 Å². The summed E-state index contributed by atoms with van der Waals surface area (Å²) in [5, 5.41) is 7.92. The van der Waals surface area contributed by atoms with Crippen molar-refractivity contribution >= 4 is 34.3 Å². The van der Waals surface area contributed by atoms with Gasteiger partial charge in [0.15, 0.2) is 0 Å². The number of nitrogens with zero attached hydrogens (tertiary/aromatic N) is 1. The van der Waals surface area contributed by atoms with Crippen molar-refractivity contribution in [3.05, 3.63) is 46.0 Å². The van der Waals surface area contributed by atoms with Crippen LogP contribution in [0, 0.1) is 0 Å². The van der Waals surface area contributed by atoms with Gasteiger partial charge in [0.05, 0.1) is 5.69 Å². The van der Waals surface area contributed by atoms with E-state index in [0.717, 1.165) is 40.4 Å². The Kier molecular flexibility index (Phi) is 3.63. The molecule has 1 aliphatic carbocycles. The van der Waals surface area contributed by atoms with E-state index in [-0.39, 0.29) is 5.91 Å². The maximum Gasteiger partial charge on any atom is 0.263 e. The highest BCUT2D eigenvalue weighted by atomic mass is 32.1. The second-order valence-electron chi connectivity index (χ2n) is 5.58. The van der Waals surface area contributed by atoms with Gasteiger partial charge in [-0.05, 0) is 48.6 Å². The standard InChI is InChI=1S/C17H15N3OS2/c18-12-3-1-10(2-4-12)17-20-14(11-7-8-22-9-11)15(23-17)16(21)19-13-5-6-13/h1-4,7-9,13H,5-6,18H2,(H,19,21). The second kappa shape index (κ2) is 5.79. The molecule has 2 heterocycles. The predicted octanol–water partition coefficient (Wildman–Crippen LogP) is 4.01. The molecule has 116 valence electrons. The fourth-order valence-electron chi connectivity index (χ4n) is 2.30. The molecule has 3 aromatic rings. The van der Waals surface area contributed by atoms with Crippen molar-refractivity contribution in [2.75, 3.05) is 5.73 Å². The number of carbonyl (C=O) groups excluding carboxylic acids is 1. The molecule has 6 heteroatoms. The van der Waals surface area contributed by atoms with Gasteiger partial charge in [-0.3, -0.25) is 4.79 Å². The summed E-state index contributed by atoms with van der Waals surface area (Å²) in [5.74, 6) is -0.0205. The Bertz CT molecular complexity index is 833. The first-order chi connectivity index (χ1) is 11.2. The molecule has 1 amide bonds. The fourth-order valence-corrected chi connectivity index (χ4v) is 3.93. The zero-order valence-electron chi connectivity index (χ0n) is 12.3. The molecule has 0 spiro atoms. The monoisotopic (exact) mass is 341 g/mol. The minimum atomic E-state index is -0.0205. The van der Waals surface area contributed by atoms with Crippen molar-refractivity contribution in [1.82, 2.24) is 10.3 Å². The molecule has 0 saturated heterocycles. The number of aromatic nitrogens is 1. The van der Waals surface area contributed by atoms with Crippen LogP contribution in [0.15, 0.2) is 41.1 Å². The molecule has 3 N–H and O–H groups in total. The maximum absolute atomic E-state index is 12.6. The topological polar surface area (TPSA) is 68.0 Å². The zero-order valence-corrected chi connectivity index (χ0v) is 13.9. The summed E-state index contributed by atoms with van der Waals surface area (Å²) in [6.45, 7) is 0. The second-order valence-corrected chi connectivity index (χ2v) is 7.36. The molecule has 0 aliphatic heterocycles. The van der Waals surface area contributed by atoms with Crippen LogP contribution in [0.25, 0.3) is 21.8 Å². The average molecular weight is 341 g/mol. The van der Waals surface area contributed by atoms with Crippen molar-refractivity contribution in [2.45, 2.75) is 18.9 Å². The molecule has 0 atom stereocenters. The summed E-state index contributed by atoms with van der Waals surface area (Å²) in [4.78, 5) is 18.0. The summed E-state index contributed by atoms with van der Waals surface area (Å²) >= 11 is 3.04. The van der Waals surface area contributed by atoms with Gasteiger partial charge in [-0.1, -0.05) is 0 Å². The third-order valence-corrected chi connectivity index (χ3v) is 5.48. The molecule has 23 heavy (non-hydrogen) atoms. The lowest BCUT2D eigenvalue weighted by Gasteiger charge is -2.01. The molecule has 1 aliphatic rings. The van der Waals surface area contributed by atoms with E-state index >= 15 is 0 Å². The van der Waals surface area contributed by atoms with Crippen molar-refractivity contribution in [2.24, 2.45) is 0 Å². The summed E-state index contributed by atoms with van der Waals surface area (Å²) in [5.41, 5.74) is 9.20. The van der Waals surface area contributed by atoms with Crippen molar-refractivity contribution in [3.63, 3.8) is 0 Å². The van der Waals surface area contributed by atoms with Crippen LogP contribution in [-0.2, 0) is 0 Å². The van der Waals surface area contributed by atoms with Crippen LogP contribution in [0.1, 0.15) is 22.5 Å². The van der Waals surface area contributed by atoms with Gasteiger partial charge in [0, 0.05) is 28.2 Å². The maximum atomic E-state index is 12.6. The number of benzene rings is 1. The number of nitrogen functional groups attached to an aromatic ring is 1. The number of hydrogen-bond acceptors (Lipinski definition) is 5. The molecule has 0 bridgehead atoms. The molecule has 0 unspecified atom stereocenters. The normalized spacial score (nSPS) is 13.9. The molecular weight excluding hydrogens is 326 g/mol. The van der Waals surface area contributed by atoms with E-state index in [9.17, 15) is 4.79 Å². The fraction of sp³-hybridized carbons (Fsp3) is 0.176. The van der Waals surface area contributed by atoms with Crippen LogP contribution in [0.2, 0.25) is 0 Å². The lowest BCUT2D eigenvalue weighted by molar-refractivity contribution is 0.0955. The minimum absolute atomic E-state index is 0.0205. The van der Waals surface area contributed by atoms with Crippen molar-refractivity contribution in [3.8, 4) is 21.8 Å². The van der Waals surface area contributed by atoms with E-state index in [0.29, 0.717) is 10.9 Å². The molecule has 4 nitrogen and oxygen atoms in total. The molecule has 0 radical (unpaired) electrons. The van der Waals surface area contributed by atoms with E-state index in [1.54, 1.807) is 11.3 Å². The lowest BCUT2D eigenvalue weighted by Crippen LogP contribution is -2.24. The third-order valence-electron chi connectivity index (χ3n) is 3.70. The average Bonchev–Trinajstić information content (AvgIpc) is 3.05. The number of thiophene rings is 1. The van der Waals surface area contributed by atoms with Crippen LogP contribution < -0.4 is 11.1 Å². The van der Waals surface area contributed by atoms with Crippen LogP contribution in [0.3, 0.4) is 0 Å². The number of nitrogens with two attached hydrogens (primary N) is 1. The highest BCUT2D eigenvalue weighted by Gasteiger charge is 2.27. The minimum Gasteiger partial charge on any atom is -0.399 e. The van der Waals surface area contributed by atoms with E-state index in [1.165, 1.54) is 11.3 Å². The van der Waals surface area contributed by atoms with Gasteiger partial charge in [-0.25, -0.2) is 4.98 Å². The zero-order chi connectivity index (χ0) is 15.8. The van der Waals surface area contributed by atoms with Crippen LogP contribution in [-0.4, -0.2) is 16.9 Å². The van der Waals surface area contributed by atoms with Crippen LogP contribution in [0.5, 0.6) is 0 Å².